The highest BCUT2D eigenvalue weighted by molar-refractivity contribution is 5.75. The Hall–Kier alpha value is -4.51. The minimum absolute atomic E-state index is 0.00559. The van der Waals surface area contributed by atoms with Crippen LogP contribution in [0.2, 0.25) is 0 Å². The van der Waals surface area contributed by atoms with Gasteiger partial charge in [-0.3, -0.25) is 15.0 Å². The lowest BCUT2D eigenvalue weighted by molar-refractivity contribution is -0.383. The number of benzene rings is 3. The van der Waals surface area contributed by atoms with Crippen LogP contribution in [0.15, 0.2) is 91.3 Å². The van der Waals surface area contributed by atoms with Crippen LogP contribution in [0.5, 0.6) is 0 Å². The van der Waals surface area contributed by atoms with Gasteiger partial charge in [0.25, 0.3) is 0 Å². The van der Waals surface area contributed by atoms with Crippen LogP contribution in [0.1, 0.15) is 22.7 Å². The summed E-state index contributed by atoms with van der Waals surface area (Å²) in [4.78, 5) is 23.7. The number of aromatic nitrogens is 2. The highest BCUT2D eigenvalue weighted by Crippen LogP contribution is 2.39. The molecule has 0 saturated carbocycles. The van der Waals surface area contributed by atoms with Gasteiger partial charge in [-0.05, 0) is 23.3 Å². The van der Waals surface area contributed by atoms with E-state index in [1.54, 1.807) is 4.90 Å². The summed E-state index contributed by atoms with van der Waals surface area (Å²) in [6.45, 7) is 2.06. The minimum Gasteiger partial charge on any atom is -0.348 e. The van der Waals surface area contributed by atoms with Gasteiger partial charge in [0, 0.05) is 26.2 Å². The van der Waals surface area contributed by atoms with Gasteiger partial charge in [-0.25, -0.2) is 9.97 Å². The third-order valence-corrected chi connectivity index (χ3v) is 6.68. The van der Waals surface area contributed by atoms with Crippen molar-refractivity contribution in [3.63, 3.8) is 0 Å². The standard InChI is InChI=1S/C28H25F3N6O2/c29-28(30,31)22-13-7-8-14-23(22)34-26-25(37(38)39)27(33-19-32-26)36-17-15-35(16-18-36)24(20-9-3-1-4-10-20)21-11-5-2-6-12-21/h1-14,19,24H,15-18H2,(H,32,33,34). The highest BCUT2D eigenvalue weighted by atomic mass is 19.4. The SMILES string of the molecule is O=[N+]([O-])c1c(Nc2ccccc2C(F)(F)F)ncnc1N1CCN(C(c2ccccc2)c2ccccc2)CC1. The van der Waals surface area contributed by atoms with Gasteiger partial charge in [0.05, 0.1) is 22.2 Å². The van der Waals surface area contributed by atoms with Crippen molar-refractivity contribution in [1.82, 2.24) is 14.9 Å². The van der Waals surface area contributed by atoms with E-state index in [2.05, 4.69) is 44.5 Å². The lowest BCUT2D eigenvalue weighted by atomic mass is 9.96. The molecule has 2 heterocycles. The summed E-state index contributed by atoms with van der Waals surface area (Å²) in [6.07, 6.45) is -3.51. The van der Waals surface area contributed by atoms with E-state index in [0.29, 0.717) is 26.2 Å². The van der Waals surface area contributed by atoms with E-state index in [0.717, 1.165) is 23.5 Å². The summed E-state index contributed by atoms with van der Waals surface area (Å²) >= 11 is 0. The van der Waals surface area contributed by atoms with Crippen LogP contribution in [-0.4, -0.2) is 46.0 Å². The molecule has 1 aromatic heterocycles. The highest BCUT2D eigenvalue weighted by Gasteiger charge is 2.35. The van der Waals surface area contributed by atoms with Crippen molar-refractivity contribution in [2.75, 3.05) is 36.4 Å². The molecule has 1 saturated heterocycles. The monoisotopic (exact) mass is 534 g/mol. The van der Waals surface area contributed by atoms with Crippen molar-refractivity contribution < 1.29 is 18.1 Å². The maximum atomic E-state index is 13.5. The topological polar surface area (TPSA) is 87.4 Å². The molecule has 39 heavy (non-hydrogen) atoms. The van der Waals surface area contributed by atoms with Gasteiger partial charge in [-0.15, -0.1) is 0 Å². The Morgan fingerprint density at radius 3 is 1.95 bits per heavy atom. The van der Waals surface area contributed by atoms with Crippen molar-refractivity contribution in [2.24, 2.45) is 0 Å². The molecule has 5 rings (SSSR count). The molecule has 0 aliphatic carbocycles. The van der Waals surface area contributed by atoms with E-state index in [4.69, 9.17) is 0 Å². The van der Waals surface area contributed by atoms with Crippen LogP contribution in [0.25, 0.3) is 0 Å². The zero-order valence-corrected chi connectivity index (χ0v) is 20.8. The molecule has 1 aliphatic heterocycles. The normalized spacial score (nSPS) is 14.4. The Morgan fingerprint density at radius 2 is 1.38 bits per heavy atom. The van der Waals surface area contributed by atoms with E-state index < -0.39 is 22.4 Å². The Kier molecular flexibility index (Phi) is 7.42. The molecular weight excluding hydrogens is 509 g/mol. The number of halogens is 3. The van der Waals surface area contributed by atoms with Crippen LogP contribution in [0, 0.1) is 10.1 Å². The summed E-state index contributed by atoms with van der Waals surface area (Å²) in [5.74, 6) is -0.229. The van der Waals surface area contributed by atoms with Crippen molar-refractivity contribution in [3.05, 3.63) is 118 Å². The summed E-state index contributed by atoms with van der Waals surface area (Å²) in [5.41, 5.74) is 0.544. The molecule has 1 N–H and O–H groups in total. The number of para-hydroxylation sites is 1. The third-order valence-electron chi connectivity index (χ3n) is 6.68. The van der Waals surface area contributed by atoms with E-state index >= 15 is 0 Å². The number of anilines is 3. The molecule has 4 aromatic rings. The fourth-order valence-corrected chi connectivity index (χ4v) is 4.90. The van der Waals surface area contributed by atoms with Crippen molar-refractivity contribution in [1.29, 1.82) is 0 Å². The van der Waals surface area contributed by atoms with Crippen molar-refractivity contribution in [3.8, 4) is 0 Å². The maximum Gasteiger partial charge on any atom is 0.418 e. The first-order valence-corrected chi connectivity index (χ1v) is 12.3. The number of hydrogen-bond donors (Lipinski definition) is 1. The summed E-state index contributed by atoms with van der Waals surface area (Å²) < 4.78 is 40.5. The number of nitro groups is 1. The predicted molar refractivity (Wildman–Crippen MR) is 142 cm³/mol. The quantitative estimate of drug-likeness (QED) is 0.228. The number of hydrogen-bond acceptors (Lipinski definition) is 7. The third kappa shape index (κ3) is 5.68. The first-order chi connectivity index (χ1) is 18.8. The minimum atomic E-state index is -4.64. The van der Waals surface area contributed by atoms with Crippen LogP contribution in [0.3, 0.4) is 0 Å². The molecule has 8 nitrogen and oxygen atoms in total. The second kappa shape index (κ2) is 11.1. The molecule has 1 fully saturated rings. The van der Waals surface area contributed by atoms with Gasteiger partial charge < -0.3 is 10.2 Å². The van der Waals surface area contributed by atoms with Crippen LogP contribution in [0.4, 0.5) is 36.2 Å². The molecule has 1 aliphatic rings. The number of nitrogens with zero attached hydrogens (tertiary/aromatic N) is 5. The zero-order chi connectivity index (χ0) is 27.4. The van der Waals surface area contributed by atoms with Crippen LogP contribution >= 0.6 is 0 Å². The average Bonchev–Trinajstić information content (AvgIpc) is 2.94. The number of piperazine rings is 1. The summed E-state index contributed by atoms with van der Waals surface area (Å²) in [5, 5.41) is 14.7. The van der Waals surface area contributed by atoms with E-state index in [1.165, 1.54) is 18.2 Å². The molecular formula is C28H25F3N6O2. The lowest BCUT2D eigenvalue weighted by Gasteiger charge is -2.40. The average molecular weight is 535 g/mol. The predicted octanol–water partition coefficient (Wildman–Crippen LogP) is 6.06. The van der Waals surface area contributed by atoms with Crippen LogP contribution in [-0.2, 0) is 6.18 Å². The maximum absolute atomic E-state index is 13.5. The fraction of sp³-hybridized carbons (Fsp3) is 0.214. The molecule has 0 amide bonds. The van der Waals surface area contributed by atoms with Gasteiger partial charge >= 0.3 is 11.9 Å². The van der Waals surface area contributed by atoms with Crippen LogP contribution < -0.4 is 10.2 Å². The van der Waals surface area contributed by atoms with Crippen molar-refractivity contribution in [2.45, 2.75) is 12.2 Å². The Morgan fingerprint density at radius 1 is 0.821 bits per heavy atom. The molecule has 3 aromatic carbocycles. The second-order valence-electron chi connectivity index (χ2n) is 9.07. The van der Waals surface area contributed by atoms with Gasteiger partial charge in [0.2, 0.25) is 11.6 Å². The molecule has 200 valence electrons. The smallest absolute Gasteiger partial charge is 0.348 e. The van der Waals surface area contributed by atoms with E-state index in [1.807, 2.05) is 36.4 Å². The lowest BCUT2D eigenvalue weighted by Crippen LogP contribution is -2.48. The molecule has 0 spiro atoms. The largest absolute Gasteiger partial charge is 0.418 e. The fourth-order valence-electron chi connectivity index (χ4n) is 4.90. The Balaban J connectivity index is 1.41. The van der Waals surface area contributed by atoms with E-state index in [-0.39, 0.29) is 23.4 Å². The number of alkyl halides is 3. The second-order valence-corrected chi connectivity index (χ2v) is 9.07. The van der Waals surface area contributed by atoms with E-state index in [9.17, 15) is 23.3 Å². The van der Waals surface area contributed by atoms with Gasteiger partial charge in [0.15, 0.2) is 0 Å². The Bertz CT molecular complexity index is 1390. The summed E-state index contributed by atoms with van der Waals surface area (Å²) in [6, 6.07) is 25.0. The van der Waals surface area contributed by atoms with Gasteiger partial charge in [0.1, 0.15) is 6.33 Å². The summed E-state index contributed by atoms with van der Waals surface area (Å²) in [7, 11) is 0. The molecule has 0 atom stereocenters. The first-order valence-electron chi connectivity index (χ1n) is 12.3. The first kappa shape index (κ1) is 26.1. The number of rotatable bonds is 7. The van der Waals surface area contributed by atoms with Gasteiger partial charge in [-0.1, -0.05) is 72.8 Å². The molecule has 0 bridgehead atoms. The molecule has 0 radical (unpaired) electrons. The molecule has 11 heteroatoms. The zero-order valence-electron chi connectivity index (χ0n) is 20.8. The molecule has 0 unspecified atom stereocenters. The van der Waals surface area contributed by atoms with Crippen molar-refractivity contribution >= 4 is 23.0 Å². The van der Waals surface area contributed by atoms with Gasteiger partial charge in [-0.2, -0.15) is 13.2 Å². The Labute approximate surface area is 222 Å². The number of nitrogens with one attached hydrogen (secondary N) is 1.